The van der Waals surface area contributed by atoms with Crippen LogP contribution in [0.15, 0.2) is 35.6 Å². The van der Waals surface area contributed by atoms with Crippen molar-refractivity contribution in [2.24, 2.45) is 0 Å². The average Bonchev–Trinajstić information content (AvgIpc) is 2.94. The Labute approximate surface area is 141 Å². The summed E-state index contributed by atoms with van der Waals surface area (Å²) in [5, 5.41) is 0. The monoisotopic (exact) mass is 327 g/mol. The molecule has 4 aliphatic rings. The van der Waals surface area contributed by atoms with Gasteiger partial charge < -0.3 is 14.4 Å². The molecule has 2 bridgehead atoms. The van der Waals surface area contributed by atoms with E-state index >= 15 is 0 Å². The summed E-state index contributed by atoms with van der Waals surface area (Å²) in [6, 6.07) is 4.63. The number of nitrogens with zero attached hydrogens (tertiary/aromatic N) is 1. The Balaban J connectivity index is 1.80. The SMILES string of the molecule is COOC1=CC=C2[C@H]3Cc4ccc(OC)c5c4[C@@]2(CCN3C)C1O5. The summed E-state index contributed by atoms with van der Waals surface area (Å²) in [6.45, 7) is 1.04. The molecule has 5 rings (SSSR count). The molecule has 1 aromatic rings. The third-order valence-corrected chi connectivity index (χ3v) is 6.10. The minimum Gasteiger partial charge on any atom is -0.493 e. The van der Waals surface area contributed by atoms with E-state index in [1.54, 1.807) is 7.11 Å². The van der Waals surface area contributed by atoms with Crippen molar-refractivity contribution in [1.82, 2.24) is 4.90 Å². The third kappa shape index (κ3) is 1.52. The maximum Gasteiger partial charge on any atom is 0.184 e. The van der Waals surface area contributed by atoms with E-state index in [1.807, 2.05) is 12.1 Å². The quantitative estimate of drug-likeness (QED) is 0.630. The molecule has 1 aromatic carbocycles. The fourth-order valence-corrected chi connectivity index (χ4v) is 5.09. The van der Waals surface area contributed by atoms with Crippen LogP contribution in [0.1, 0.15) is 17.5 Å². The summed E-state index contributed by atoms with van der Waals surface area (Å²) in [5.74, 6) is 2.41. The highest BCUT2D eigenvalue weighted by atomic mass is 17.2. The predicted octanol–water partition coefficient (Wildman–Crippen LogP) is 2.36. The fourth-order valence-electron chi connectivity index (χ4n) is 5.09. The molecule has 0 aromatic heterocycles. The van der Waals surface area contributed by atoms with Gasteiger partial charge in [-0.3, -0.25) is 4.90 Å². The van der Waals surface area contributed by atoms with Gasteiger partial charge in [0.1, 0.15) is 0 Å². The number of likely N-dealkylation sites (N-methyl/N-ethyl adjacent to an activating group) is 1. The highest BCUT2D eigenvalue weighted by molar-refractivity contribution is 5.67. The number of ether oxygens (including phenoxy) is 2. The molecule has 0 saturated carbocycles. The molecular formula is C19H21NO4. The number of methoxy groups -OCH3 is 1. The van der Waals surface area contributed by atoms with Crippen LogP contribution in [0.5, 0.6) is 11.5 Å². The summed E-state index contributed by atoms with van der Waals surface area (Å²) < 4.78 is 12.0. The Morgan fingerprint density at radius 1 is 1.25 bits per heavy atom. The average molecular weight is 327 g/mol. The van der Waals surface area contributed by atoms with Crippen LogP contribution in [0.25, 0.3) is 0 Å². The van der Waals surface area contributed by atoms with Crippen LogP contribution in [0.3, 0.4) is 0 Å². The predicted molar refractivity (Wildman–Crippen MR) is 88.1 cm³/mol. The van der Waals surface area contributed by atoms with E-state index < -0.39 is 0 Å². The molecule has 1 saturated heterocycles. The highest BCUT2D eigenvalue weighted by Crippen LogP contribution is 2.62. The molecule has 2 aliphatic heterocycles. The van der Waals surface area contributed by atoms with Crippen LogP contribution in [-0.2, 0) is 21.6 Å². The van der Waals surface area contributed by atoms with Crippen molar-refractivity contribution in [3.63, 3.8) is 0 Å². The zero-order valence-corrected chi connectivity index (χ0v) is 14.2. The van der Waals surface area contributed by atoms with Gasteiger partial charge in [0, 0.05) is 11.6 Å². The summed E-state index contributed by atoms with van der Waals surface area (Å²) in [7, 11) is 5.44. The second-order valence-electron chi connectivity index (χ2n) is 6.99. The van der Waals surface area contributed by atoms with Crippen molar-refractivity contribution in [3.05, 3.63) is 46.7 Å². The molecule has 1 fully saturated rings. The molecule has 3 atom stereocenters. The van der Waals surface area contributed by atoms with Crippen molar-refractivity contribution in [2.75, 3.05) is 27.8 Å². The summed E-state index contributed by atoms with van der Waals surface area (Å²) >= 11 is 0. The van der Waals surface area contributed by atoms with Gasteiger partial charge in [-0.15, -0.1) is 0 Å². The number of rotatable bonds is 3. The number of allylic oxidation sites excluding steroid dienone is 2. The smallest absolute Gasteiger partial charge is 0.184 e. The molecule has 126 valence electrons. The second kappa shape index (κ2) is 4.77. The Bertz CT molecular complexity index is 784. The molecule has 1 unspecified atom stereocenters. The van der Waals surface area contributed by atoms with Gasteiger partial charge in [0.05, 0.1) is 19.6 Å². The van der Waals surface area contributed by atoms with Crippen molar-refractivity contribution >= 4 is 0 Å². The number of hydrogen-bond acceptors (Lipinski definition) is 5. The van der Waals surface area contributed by atoms with E-state index in [0.29, 0.717) is 6.04 Å². The van der Waals surface area contributed by atoms with Crippen LogP contribution in [0.2, 0.25) is 0 Å². The topological polar surface area (TPSA) is 40.2 Å². The van der Waals surface area contributed by atoms with Crippen LogP contribution >= 0.6 is 0 Å². The van der Waals surface area contributed by atoms with Gasteiger partial charge in [0.25, 0.3) is 0 Å². The standard InChI is InChI=1S/C19H21NO4/c1-20-9-8-19-12-5-7-15(24-22-3)18(19)23-17-14(21-2)6-4-11(16(17)19)10-13(12)20/h4-7,13,18H,8-10H2,1-3H3/t13-,18?,19+/m1/s1. The molecule has 0 amide bonds. The molecule has 2 heterocycles. The lowest BCUT2D eigenvalue weighted by Gasteiger charge is -2.52. The Morgan fingerprint density at radius 3 is 2.92 bits per heavy atom. The molecule has 24 heavy (non-hydrogen) atoms. The van der Waals surface area contributed by atoms with Gasteiger partial charge in [0.2, 0.25) is 0 Å². The summed E-state index contributed by atoms with van der Waals surface area (Å²) in [4.78, 5) is 12.9. The van der Waals surface area contributed by atoms with Crippen LogP contribution in [-0.4, -0.2) is 44.9 Å². The summed E-state index contributed by atoms with van der Waals surface area (Å²) in [6.07, 6.45) is 6.05. The number of piperidine rings is 1. The molecule has 5 nitrogen and oxygen atoms in total. The lowest BCUT2D eigenvalue weighted by atomic mass is 9.57. The maximum atomic E-state index is 6.44. The Morgan fingerprint density at radius 2 is 2.12 bits per heavy atom. The number of benzene rings is 1. The Hall–Kier alpha value is -1.98. The zero-order chi connectivity index (χ0) is 16.5. The first-order valence-corrected chi connectivity index (χ1v) is 8.41. The number of hydrogen-bond donors (Lipinski definition) is 0. The van der Waals surface area contributed by atoms with Crippen LogP contribution in [0.4, 0.5) is 0 Å². The molecule has 0 N–H and O–H groups in total. The molecule has 5 heteroatoms. The van der Waals surface area contributed by atoms with E-state index in [4.69, 9.17) is 19.2 Å². The third-order valence-electron chi connectivity index (χ3n) is 6.10. The van der Waals surface area contributed by atoms with Gasteiger partial charge in [-0.2, -0.15) is 4.89 Å². The first kappa shape index (κ1) is 14.4. The van der Waals surface area contributed by atoms with Crippen molar-refractivity contribution in [2.45, 2.75) is 30.4 Å². The molecular weight excluding hydrogens is 306 g/mol. The van der Waals surface area contributed by atoms with Crippen LogP contribution in [0, 0.1) is 0 Å². The summed E-state index contributed by atoms with van der Waals surface area (Å²) in [5.41, 5.74) is 3.94. The van der Waals surface area contributed by atoms with Gasteiger partial charge in [0.15, 0.2) is 23.4 Å². The highest BCUT2D eigenvalue weighted by Gasteiger charge is 2.62. The molecule has 1 spiro atoms. The molecule has 2 aliphatic carbocycles. The second-order valence-corrected chi connectivity index (χ2v) is 6.99. The van der Waals surface area contributed by atoms with E-state index in [0.717, 1.165) is 36.6 Å². The first-order chi connectivity index (χ1) is 11.7. The van der Waals surface area contributed by atoms with E-state index in [-0.39, 0.29) is 11.5 Å². The van der Waals surface area contributed by atoms with Gasteiger partial charge in [-0.1, -0.05) is 12.1 Å². The van der Waals surface area contributed by atoms with E-state index in [2.05, 4.69) is 24.1 Å². The van der Waals surface area contributed by atoms with Crippen molar-refractivity contribution in [1.29, 1.82) is 0 Å². The van der Waals surface area contributed by atoms with Gasteiger partial charge in [-0.05, 0) is 49.7 Å². The lowest BCUT2D eigenvalue weighted by molar-refractivity contribution is -0.249. The van der Waals surface area contributed by atoms with Crippen LogP contribution < -0.4 is 9.47 Å². The maximum absolute atomic E-state index is 6.44. The normalized spacial score (nSPS) is 32.5. The number of likely N-dealkylation sites (tertiary alicyclic amines) is 1. The van der Waals surface area contributed by atoms with Crippen molar-refractivity contribution in [3.8, 4) is 11.5 Å². The van der Waals surface area contributed by atoms with Crippen molar-refractivity contribution < 1.29 is 19.2 Å². The minimum absolute atomic E-state index is 0.156. The van der Waals surface area contributed by atoms with E-state index in [1.165, 1.54) is 23.8 Å². The zero-order valence-electron chi connectivity index (χ0n) is 14.2. The van der Waals surface area contributed by atoms with E-state index in [9.17, 15) is 0 Å². The minimum atomic E-state index is -0.181. The van der Waals surface area contributed by atoms with Gasteiger partial charge in [-0.25, -0.2) is 0 Å². The largest absolute Gasteiger partial charge is 0.493 e. The molecule has 0 radical (unpaired) electrons. The fraction of sp³-hybridized carbons (Fsp3) is 0.474. The first-order valence-electron chi connectivity index (χ1n) is 8.41. The van der Waals surface area contributed by atoms with Gasteiger partial charge >= 0.3 is 0 Å². The lowest BCUT2D eigenvalue weighted by Crippen LogP contribution is -2.58. The Kier molecular flexibility index (Phi) is 2.86.